The van der Waals surface area contributed by atoms with Gasteiger partial charge in [-0.1, -0.05) is 0 Å². The van der Waals surface area contributed by atoms with Crippen molar-refractivity contribution in [3.63, 3.8) is 0 Å². The summed E-state index contributed by atoms with van der Waals surface area (Å²) in [5, 5.41) is 10.3. The number of urea groups is 1. The predicted octanol–water partition coefficient (Wildman–Crippen LogP) is 1.93. The summed E-state index contributed by atoms with van der Waals surface area (Å²) in [6.45, 7) is 2.91. The van der Waals surface area contributed by atoms with Crippen molar-refractivity contribution >= 4 is 17.4 Å². The lowest BCUT2D eigenvalue weighted by molar-refractivity contribution is 0.181. The van der Waals surface area contributed by atoms with Gasteiger partial charge >= 0.3 is 6.03 Å². The maximum Gasteiger partial charge on any atom is 0.317 e. The smallest absolute Gasteiger partial charge is 0.317 e. The van der Waals surface area contributed by atoms with Crippen molar-refractivity contribution in [1.29, 1.82) is 0 Å². The highest BCUT2D eigenvalue weighted by molar-refractivity contribution is 7.09. The number of nitrogens with zero attached hydrogens (tertiary/aromatic N) is 4. The summed E-state index contributed by atoms with van der Waals surface area (Å²) in [4.78, 5) is 18.4. The van der Waals surface area contributed by atoms with E-state index < -0.39 is 0 Å². The van der Waals surface area contributed by atoms with E-state index in [-0.39, 0.29) is 6.03 Å². The van der Waals surface area contributed by atoms with E-state index >= 15 is 0 Å². The monoisotopic (exact) mass is 305 g/mol. The summed E-state index contributed by atoms with van der Waals surface area (Å²) < 4.78 is 1.81. The van der Waals surface area contributed by atoms with Crippen molar-refractivity contribution in [1.82, 2.24) is 25.0 Å². The molecule has 0 spiro atoms. The van der Waals surface area contributed by atoms with Crippen LogP contribution in [0.2, 0.25) is 0 Å². The molecule has 0 unspecified atom stereocenters. The number of rotatable bonds is 4. The van der Waals surface area contributed by atoms with Crippen LogP contribution in [0.4, 0.5) is 4.79 Å². The fourth-order valence-electron chi connectivity index (χ4n) is 2.59. The van der Waals surface area contributed by atoms with Gasteiger partial charge in [-0.15, -0.1) is 11.3 Å². The summed E-state index contributed by atoms with van der Waals surface area (Å²) in [5.41, 5.74) is 0. The number of carbonyl (C=O) groups excluding carboxylic acids is 1. The van der Waals surface area contributed by atoms with Crippen LogP contribution in [0.1, 0.15) is 23.8 Å². The Hall–Kier alpha value is -1.89. The Kier molecular flexibility index (Phi) is 4.49. The first-order valence-electron chi connectivity index (χ1n) is 7.22. The Labute approximate surface area is 127 Å². The molecule has 3 rings (SSSR count). The molecular formula is C14H19N5OS. The lowest BCUT2D eigenvalue weighted by Gasteiger charge is -2.31. The molecule has 21 heavy (non-hydrogen) atoms. The summed E-state index contributed by atoms with van der Waals surface area (Å²) in [7, 11) is 0. The Morgan fingerprint density at radius 1 is 1.38 bits per heavy atom. The highest BCUT2D eigenvalue weighted by Crippen LogP contribution is 2.29. The first-order valence-corrected chi connectivity index (χ1v) is 8.10. The number of hydrogen-bond donors (Lipinski definition) is 1. The van der Waals surface area contributed by atoms with Crippen LogP contribution < -0.4 is 5.32 Å². The van der Waals surface area contributed by atoms with Gasteiger partial charge in [0.25, 0.3) is 0 Å². The van der Waals surface area contributed by atoms with Crippen LogP contribution in [-0.4, -0.2) is 45.3 Å². The third-order valence-electron chi connectivity index (χ3n) is 3.76. The van der Waals surface area contributed by atoms with Gasteiger partial charge in [-0.3, -0.25) is 4.68 Å². The van der Waals surface area contributed by atoms with Crippen molar-refractivity contribution in [2.45, 2.75) is 25.3 Å². The number of thiazole rings is 1. The molecule has 0 bridgehead atoms. The minimum atomic E-state index is 0.0275. The minimum absolute atomic E-state index is 0.0275. The normalized spacial score (nSPS) is 16.1. The maximum absolute atomic E-state index is 12.1. The van der Waals surface area contributed by atoms with Crippen LogP contribution in [0.15, 0.2) is 30.0 Å². The van der Waals surface area contributed by atoms with E-state index in [1.165, 1.54) is 5.01 Å². The zero-order chi connectivity index (χ0) is 14.5. The standard InChI is InChI=1S/C14H19N5OS/c20-14(16-5-10-19-7-1-4-17-19)18-8-2-12(3-9-18)13-15-6-11-21-13/h1,4,6-7,11-12H,2-3,5,8-10H2,(H,16,20). The van der Waals surface area contributed by atoms with Crippen molar-refractivity contribution < 1.29 is 4.79 Å². The Balaban J connectivity index is 1.40. The van der Waals surface area contributed by atoms with Crippen LogP contribution in [0.3, 0.4) is 0 Å². The fraction of sp³-hybridized carbons (Fsp3) is 0.500. The van der Waals surface area contributed by atoms with Crippen molar-refractivity contribution in [3.05, 3.63) is 35.0 Å². The molecule has 2 aromatic heterocycles. The van der Waals surface area contributed by atoms with Gasteiger partial charge in [0.05, 0.1) is 11.6 Å². The quantitative estimate of drug-likeness (QED) is 0.939. The average Bonchev–Trinajstić information content (AvgIpc) is 3.21. The summed E-state index contributed by atoms with van der Waals surface area (Å²) in [6.07, 6.45) is 7.49. The maximum atomic E-state index is 12.1. The molecule has 7 heteroatoms. The number of hydrogen-bond acceptors (Lipinski definition) is 4. The SMILES string of the molecule is O=C(NCCn1cccn1)N1CCC(c2nccs2)CC1. The van der Waals surface area contributed by atoms with E-state index in [0.717, 1.165) is 25.9 Å². The molecule has 0 radical (unpaired) electrons. The fourth-order valence-corrected chi connectivity index (χ4v) is 3.40. The highest BCUT2D eigenvalue weighted by atomic mass is 32.1. The first kappa shape index (κ1) is 14.1. The largest absolute Gasteiger partial charge is 0.336 e. The Bertz CT molecular complexity index is 546. The zero-order valence-electron chi connectivity index (χ0n) is 11.8. The van der Waals surface area contributed by atoms with E-state index in [4.69, 9.17) is 0 Å². The lowest BCUT2D eigenvalue weighted by Crippen LogP contribution is -2.44. The molecule has 1 saturated heterocycles. The molecule has 1 aliphatic heterocycles. The van der Waals surface area contributed by atoms with Gasteiger partial charge in [-0.05, 0) is 18.9 Å². The number of aromatic nitrogens is 3. The van der Waals surface area contributed by atoms with Gasteiger partial charge in [0.1, 0.15) is 0 Å². The molecular weight excluding hydrogens is 286 g/mol. The summed E-state index contributed by atoms with van der Waals surface area (Å²) in [5.74, 6) is 0.512. The van der Waals surface area contributed by atoms with Gasteiger partial charge in [0, 0.05) is 49.5 Å². The van der Waals surface area contributed by atoms with E-state index in [2.05, 4.69) is 15.4 Å². The molecule has 0 aromatic carbocycles. The topological polar surface area (TPSA) is 63.1 Å². The second-order valence-corrected chi connectivity index (χ2v) is 6.06. The predicted molar refractivity (Wildman–Crippen MR) is 81.3 cm³/mol. The van der Waals surface area contributed by atoms with E-state index in [9.17, 15) is 4.79 Å². The minimum Gasteiger partial charge on any atom is -0.336 e. The molecule has 0 atom stereocenters. The molecule has 2 aromatic rings. The third kappa shape index (κ3) is 3.60. The molecule has 0 saturated carbocycles. The van der Waals surface area contributed by atoms with Crippen LogP contribution in [0.5, 0.6) is 0 Å². The van der Waals surface area contributed by atoms with Gasteiger partial charge < -0.3 is 10.2 Å². The zero-order valence-corrected chi connectivity index (χ0v) is 12.6. The number of nitrogens with one attached hydrogen (secondary N) is 1. The molecule has 0 aliphatic carbocycles. The third-order valence-corrected chi connectivity index (χ3v) is 4.70. The molecule has 1 N–H and O–H groups in total. The molecule has 2 amide bonds. The van der Waals surface area contributed by atoms with Gasteiger partial charge in [0.15, 0.2) is 0 Å². The van der Waals surface area contributed by atoms with E-state index in [0.29, 0.717) is 19.0 Å². The van der Waals surface area contributed by atoms with Crippen molar-refractivity contribution in [3.8, 4) is 0 Å². The van der Waals surface area contributed by atoms with E-state index in [1.54, 1.807) is 17.5 Å². The second-order valence-electron chi connectivity index (χ2n) is 5.13. The van der Waals surface area contributed by atoms with E-state index in [1.807, 2.05) is 33.4 Å². The average molecular weight is 305 g/mol. The van der Waals surface area contributed by atoms with Gasteiger partial charge in [0.2, 0.25) is 0 Å². The van der Waals surface area contributed by atoms with Crippen LogP contribution in [-0.2, 0) is 6.54 Å². The van der Waals surface area contributed by atoms with Crippen LogP contribution in [0, 0.1) is 0 Å². The second kappa shape index (κ2) is 6.71. The number of piperidine rings is 1. The molecule has 3 heterocycles. The van der Waals surface area contributed by atoms with Gasteiger partial charge in [-0.2, -0.15) is 5.10 Å². The molecule has 112 valence electrons. The Morgan fingerprint density at radius 2 is 2.24 bits per heavy atom. The Morgan fingerprint density at radius 3 is 2.90 bits per heavy atom. The first-order chi connectivity index (χ1) is 10.3. The summed E-state index contributed by atoms with van der Waals surface area (Å²) >= 11 is 1.71. The molecule has 1 aliphatic rings. The number of carbonyl (C=O) groups is 1. The number of likely N-dealkylation sites (tertiary alicyclic amines) is 1. The van der Waals surface area contributed by atoms with Gasteiger partial charge in [-0.25, -0.2) is 9.78 Å². The lowest BCUT2D eigenvalue weighted by atomic mass is 9.98. The van der Waals surface area contributed by atoms with Crippen molar-refractivity contribution in [2.75, 3.05) is 19.6 Å². The van der Waals surface area contributed by atoms with Crippen LogP contribution >= 0.6 is 11.3 Å². The molecule has 6 nitrogen and oxygen atoms in total. The van der Waals surface area contributed by atoms with Crippen molar-refractivity contribution in [2.24, 2.45) is 0 Å². The van der Waals surface area contributed by atoms with Crippen LogP contribution in [0.25, 0.3) is 0 Å². The summed E-state index contributed by atoms with van der Waals surface area (Å²) in [6, 6.07) is 1.91. The highest BCUT2D eigenvalue weighted by Gasteiger charge is 2.24. The molecule has 1 fully saturated rings. The number of amides is 2.